The van der Waals surface area contributed by atoms with E-state index in [9.17, 15) is 4.79 Å². The normalized spacial score (nSPS) is 11.9. The number of rotatable bonds is 8. The van der Waals surface area contributed by atoms with Crippen LogP contribution in [0.3, 0.4) is 0 Å². The van der Waals surface area contributed by atoms with Crippen molar-refractivity contribution in [2.75, 3.05) is 26.3 Å². The van der Waals surface area contributed by atoms with Gasteiger partial charge in [0, 0.05) is 32.7 Å². The Morgan fingerprint density at radius 2 is 1.72 bits per heavy atom. The van der Waals surface area contributed by atoms with Crippen LogP contribution in [0.15, 0.2) is 0 Å². The smallest absolute Gasteiger partial charge is 0.407 e. The number of carbonyl (C=O) groups is 1. The molecule has 0 aliphatic rings. The number of nitrogens with zero attached hydrogens (tertiary/aromatic N) is 1. The van der Waals surface area contributed by atoms with Gasteiger partial charge in [0.1, 0.15) is 0 Å². The fraction of sp³-hybridized carbons (Fsp3) is 0.923. The van der Waals surface area contributed by atoms with Crippen LogP contribution in [-0.2, 0) is 9.47 Å². The van der Waals surface area contributed by atoms with Crippen LogP contribution in [0, 0.1) is 5.41 Å². The molecule has 0 bridgehead atoms. The molecule has 108 valence electrons. The van der Waals surface area contributed by atoms with Crippen LogP contribution in [-0.4, -0.2) is 48.7 Å². The van der Waals surface area contributed by atoms with Crippen LogP contribution in [0.2, 0.25) is 0 Å². The summed E-state index contributed by atoms with van der Waals surface area (Å²) in [5, 5.41) is 9.15. The van der Waals surface area contributed by atoms with Crippen LogP contribution >= 0.6 is 0 Å². The lowest BCUT2D eigenvalue weighted by Crippen LogP contribution is -2.39. The minimum atomic E-state index is -0.892. The van der Waals surface area contributed by atoms with Crippen molar-refractivity contribution >= 4 is 6.09 Å². The molecule has 0 unspecified atom stereocenters. The molecule has 0 aromatic rings. The van der Waals surface area contributed by atoms with Crippen LogP contribution in [0.4, 0.5) is 4.79 Å². The van der Waals surface area contributed by atoms with E-state index in [-0.39, 0.29) is 11.7 Å². The number of hydrogen-bond acceptors (Lipinski definition) is 3. The van der Waals surface area contributed by atoms with Crippen molar-refractivity contribution in [3.63, 3.8) is 0 Å². The molecule has 0 aromatic carbocycles. The van der Waals surface area contributed by atoms with Gasteiger partial charge in [-0.1, -0.05) is 20.8 Å². The average Bonchev–Trinajstić information content (AvgIpc) is 2.22. The summed E-state index contributed by atoms with van der Waals surface area (Å²) in [5.41, 5.74) is -0.0505. The van der Waals surface area contributed by atoms with E-state index in [1.165, 1.54) is 4.90 Å². The molecule has 1 N–H and O–H groups in total. The van der Waals surface area contributed by atoms with E-state index < -0.39 is 6.09 Å². The van der Waals surface area contributed by atoms with Crippen molar-refractivity contribution in [3.05, 3.63) is 0 Å². The molecule has 5 heteroatoms. The second-order valence-electron chi connectivity index (χ2n) is 5.39. The minimum absolute atomic E-state index is 0.0505. The highest BCUT2D eigenvalue weighted by Gasteiger charge is 2.21. The van der Waals surface area contributed by atoms with E-state index in [1.807, 2.05) is 34.6 Å². The first kappa shape index (κ1) is 17.2. The summed E-state index contributed by atoms with van der Waals surface area (Å²) in [6.45, 7) is 11.9. The number of amides is 1. The molecule has 5 nitrogen and oxygen atoms in total. The first-order valence-corrected chi connectivity index (χ1v) is 6.51. The molecule has 1 amide bonds. The van der Waals surface area contributed by atoms with Crippen molar-refractivity contribution in [1.29, 1.82) is 0 Å². The molecule has 0 rings (SSSR count). The van der Waals surface area contributed by atoms with E-state index >= 15 is 0 Å². The standard InChI is InChI=1S/C13H27NO4/c1-6-17-11(18-7-2)8-9-14(12(15)16)10-13(3,4)5/h11H,6-10H2,1-5H3,(H,15,16). The van der Waals surface area contributed by atoms with Gasteiger partial charge < -0.3 is 19.5 Å². The molecule has 0 fully saturated rings. The van der Waals surface area contributed by atoms with Crippen molar-refractivity contribution in [1.82, 2.24) is 4.90 Å². The van der Waals surface area contributed by atoms with Crippen molar-refractivity contribution in [2.24, 2.45) is 5.41 Å². The molecule has 0 spiro atoms. The fourth-order valence-corrected chi connectivity index (χ4v) is 1.66. The summed E-state index contributed by atoms with van der Waals surface area (Å²) in [5.74, 6) is 0. The maximum atomic E-state index is 11.1. The lowest BCUT2D eigenvalue weighted by Gasteiger charge is -2.29. The van der Waals surface area contributed by atoms with Gasteiger partial charge in [0.05, 0.1) is 0 Å². The number of ether oxygens (including phenoxy) is 2. The van der Waals surface area contributed by atoms with Crippen LogP contribution < -0.4 is 0 Å². The average molecular weight is 261 g/mol. The van der Waals surface area contributed by atoms with Crippen LogP contribution in [0.5, 0.6) is 0 Å². The summed E-state index contributed by atoms with van der Waals surface area (Å²) in [6.07, 6.45) is -0.650. The van der Waals surface area contributed by atoms with Crippen LogP contribution in [0.1, 0.15) is 41.0 Å². The maximum Gasteiger partial charge on any atom is 0.407 e. The Hall–Kier alpha value is -0.810. The molecule has 18 heavy (non-hydrogen) atoms. The maximum absolute atomic E-state index is 11.1. The second kappa shape index (κ2) is 8.32. The van der Waals surface area contributed by atoms with E-state index in [0.717, 1.165) is 0 Å². The third-order valence-corrected chi connectivity index (χ3v) is 2.28. The number of hydrogen-bond donors (Lipinski definition) is 1. The molecule has 0 heterocycles. The Morgan fingerprint density at radius 3 is 2.06 bits per heavy atom. The molecule has 0 aromatic heterocycles. The largest absolute Gasteiger partial charge is 0.465 e. The summed E-state index contributed by atoms with van der Waals surface area (Å²) in [4.78, 5) is 12.6. The van der Waals surface area contributed by atoms with Gasteiger partial charge in [-0.15, -0.1) is 0 Å². The van der Waals surface area contributed by atoms with E-state index in [0.29, 0.717) is 32.7 Å². The molecule has 0 aliphatic heterocycles. The van der Waals surface area contributed by atoms with Gasteiger partial charge in [-0.25, -0.2) is 4.79 Å². The SMILES string of the molecule is CCOC(CCN(CC(C)(C)C)C(=O)O)OCC. The summed E-state index contributed by atoms with van der Waals surface area (Å²) in [6, 6.07) is 0. The monoisotopic (exact) mass is 261 g/mol. The second-order valence-corrected chi connectivity index (χ2v) is 5.39. The zero-order valence-electron chi connectivity index (χ0n) is 12.2. The fourth-order valence-electron chi connectivity index (χ4n) is 1.66. The Morgan fingerprint density at radius 1 is 1.22 bits per heavy atom. The lowest BCUT2D eigenvalue weighted by molar-refractivity contribution is -0.141. The quantitative estimate of drug-likeness (QED) is 0.683. The Bertz CT molecular complexity index is 232. The Labute approximate surface area is 110 Å². The molecule has 0 radical (unpaired) electrons. The molecule has 0 saturated heterocycles. The Balaban J connectivity index is 4.27. The summed E-state index contributed by atoms with van der Waals surface area (Å²) in [7, 11) is 0. The van der Waals surface area contributed by atoms with E-state index in [4.69, 9.17) is 14.6 Å². The lowest BCUT2D eigenvalue weighted by atomic mass is 9.96. The zero-order valence-corrected chi connectivity index (χ0v) is 12.2. The van der Waals surface area contributed by atoms with E-state index in [2.05, 4.69) is 0 Å². The predicted molar refractivity (Wildman–Crippen MR) is 70.7 cm³/mol. The highest BCUT2D eigenvalue weighted by atomic mass is 16.7. The summed E-state index contributed by atoms with van der Waals surface area (Å²) < 4.78 is 10.8. The first-order valence-electron chi connectivity index (χ1n) is 6.51. The zero-order chi connectivity index (χ0) is 14.2. The topological polar surface area (TPSA) is 59.0 Å². The van der Waals surface area contributed by atoms with Gasteiger partial charge in [0.2, 0.25) is 0 Å². The third-order valence-electron chi connectivity index (χ3n) is 2.28. The van der Waals surface area contributed by atoms with Gasteiger partial charge in [0.25, 0.3) is 0 Å². The molecular formula is C13H27NO4. The van der Waals surface area contributed by atoms with Crippen molar-refractivity contribution in [2.45, 2.75) is 47.3 Å². The molecule has 0 atom stereocenters. The highest BCUT2D eigenvalue weighted by Crippen LogP contribution is 2.16. The molecule has 0 aliphatic carbocycles. The highest BCUT2D eigenvalue weighted by molar-refractivity contribution is 5.64. The van der Waals surface area contributed by atoms with Gasteiger partial charge in [-0.3, -0.25) is 0 Å². The molecular weight excluding hydrogens is 234 g/mol. The first-order chi connectivity index (χ1) is 8.30. The van der Waals surface area contributed by atoms with Gasteiger partial charge in [-0.05, 0) is 19.3 Å². The summed E-state index contributed by atoms with van der Waals surface area (Å²) >= 11 is 0. The van der Waals surface area contributed by atoms with Gasteiger partial charge in [0.15, 0.2) is 6.29 Å². The van der Waals surface area contributed by atoms with Crippen LogP contribution in [0.25, 0.3) is 0 Å². The third kappa shape index (κ3) is 8.31. The van der Waals surface area contributed by atoms with Gasteiger partial charge >= 0.3 is 6.09 Å². The Kier molecular flexibility index (Phi) is 7.95. The predicted octanol–water partition coefficient (Wildman–Crippen LogP) is 2.80. The van der Waals surface area contributed by atoms with Gasteiger partial charge in [-0.2, -0.15) is 0 Å². The minimum Gasteiger partial charge on any atom is -0.465 e. The molecule has 0 saturated carbocycles. The van der Waals surface area contributed by atoms with Crippen molar-refractivity contribution in [3.8, 4) is 0 Å². The van der Waals surface area contributed by atoms with E-state index in [1.54, 1.807) is 0 Å². The number of carboxylic acid groups (broad SMARTS) is 1. The van der Waals surface area contributed by atoms with Crippen molar-refractivity contribution < 1.29 is 19.4 Å².